The lowest BCUT2D eigenvalue weighted by Gasteiger charge is -2.28. The van der Waals surface area contributed by atoms with Crippen LogP contribution in [0.4, 0.5) is 5.69 Å². The van der Waals surface area contributed by atoms with Gasteiger partial charge >= 0.3 is 0 Å². The molecule has 8 heteroatoms. The summed E-state index contributed by atoms with van der Waals surface area (Å²) in [6.45, 7) is 2.50. The number of carbonyl (C=O) groups is 2. The number of sulfonamides is 1. The second kappa shape index (κ2) is 7.31. The first-order valence-electron chi connectivity index (χ1n) is 7.89. The lowest BCUT2D eigenvalue weighted by Crippen LogP contribution is -2.35. The van der Waals surface area contributed by atoms with Gasteiger partial charge in [-0.2, -0.15) is 0 Å². The van der Waals surface area contributed by atoms with Crippen molar-refractivity contribution < 1.29 is 18.0 Å². The molecular weight excluding hydrogens is 330 g/mol. The van der Waals surface area contributed by atoms with Crippen LogP contribution in [0.1, 0.15) is 25.3 Å². The first-order valence-corrected chi connectivity index (χ1v) is 9.37. The zero-order chi connectivity index (χ0) is 17.9. The van der Waals surface area contributed by atoms with Crippen molar-refractivity contribution in [2.24, 2.45) is 0 Å². The number of hydrogen-bond acceptors (Lipinski definition) is 4. The number of fused-ring (bicyclic) bond motifs is 1. The Kier molecular flexibility index (Phi) is 5.61. The molecule has 2 amide bonds. The largest absolute Gasteiger partial charge is 0.349 e. The lowest BCUT2D eigenvalue weighted by atomic mass is 10.0. The van der Waals surface area contributed by atoms with Gasteiger partial charge in [0.2, 0.25) is 21.8 Å². The summed E-state index contributed by atoms with van der Waals surface area (Å²) in [6, 6.07) is 4.78. The number of carbonyl (C=O) groups excluding carboxylic acids is 2. The number of benzene rings is 1. The minimum Gasteiger partial charge on any atom is -0.349 e. The van der Waals surface area contributed by atoms with Gasteiger partial charge in [0.25, 0.3) is 0 Å². The molecule has 0 radical (unpaired) electrons. The summed E-state index contributed by atoms with van der Waals surface area (Å²) in [7, 11) is -0.425. The van der Waals surface area contributed by atoms with Crippen molar-refractivity contribution >= 4 is 27.5 Å². The smallest absolute Gasteiger partial charge is 0.240 e. The second-order valence-corrected chi connectivity index (χ2v) is 7.63. The van der Waals surface area contributed by atoms with E-state index in [0.717, 1.165) is 11.3 Å². The van der Waals surface area contributed by atoms with Gasteiger partial charge in [0, 0.05) is 45.7 Å². The van der Waals surface area contributed by atoms with Gasteiger partial charge in [-0.3, -0.25) is 9.59 Å². The van der Waals surface area contributed by atoms with Crippen molar-refractivity contribution in [2.45, 2.75) is 31.1 Å². The van der Waals surface area contributed by atoms with Crippen molar-refractivity contribution in [1.29, 1.82) is 0 Å². The summed E-state index contributed by atoms with van der Waals surface area (Å²) in [4.78, 5) is 26.6. The molecule has 1 heterocycles. The summed E-state index contributed by atoms with van der Waals surface area (Å²) in [6.07, 6.45) is 1.03. The van der Waals surface area contributed by atoms with Crippen molar-refractivity contribution in [2.75, 3.05) is 32.1 Å². The van der Waals surface area contributed by atoms with E-state index in [1.54, 1.807) is 31.1 Å². The molecule has 0 saturated heterocycles. The molecule has 0 aromatic heterocycles. The third kappa shape index (κ3) is 3.93. The Morgan fingerprint density at radius 1 is 1.29 bits per heavy atom. The summed E-state index contributed by atoms with van der Waals surface area (Å²) < 4.78 is 27.2. The van der Waals surface area contributed by atoms with Gasteiger partial charge in [-0.1, -0.05) is 0 Å². The third-order valence-electron chi connectivity index (χ3n) is 4.01. The van der Waals surface area contributed by atoms with E-state index in [4.69, 9.17) is 0 Å². The molecule has 0 aliphatic carbocycles. The van der Waals surface area contributed by atoms with E-state index in [1.165, 1.54) is 11.0 Å². The van der Waals surface area contributed by atoms with E-state index >= 15 is 0 Å². The average molecular weight is 353 g/mol. The van der Waals surface area contributed by atoms with E-state index in [-0.39, 0.29) is 29.7 Å². The van der Waals surface area contributed by atoms with E-state index < -0.39 is 10.0 Å². The number of rotatable bonds is 6. The molecule has 132 valence electrons. The molecule has 0 fully saturated rings. The fourth-order valence-corrected chi connectivity index (χ4v) is 3.73. The molecule has 1 aliphatic heterocycles. The van der Waals surface area contributed by atoms with Gasteiger partial charge in [0.15, 0.2) is 0 Å². The summed E-state index contributed by atoms with van der Waals surface area (Å²) in [5.74, 6) is -0.0822. The van der Waals surface area contributed by atoms with E-state index in [2.05, 4.69) is 4.72 Å². The van der Waals surface area contributed by atoms with Gasteiger partial charge in [0.1, 0.15) is 0 Å². The summed E-state index contributed by atoms with van der Waals surface area (Å²) in [5.41, 5.74) is 1.62. The van der Waals surface area contributed by atoms with Crippen LogP contribution in [0.3, 0.4) is 0 Å². The van der Waals surface area contributed by atoms with E-state index in [1.807, 2.05) is 6.92 Å². The molecule has 7 nitrogen and oxygen atoms in total. The Hall–Kier alpha value is -1.93. The van der Waals surface area contributed by atoms with Crippen LogP contribution in [0.2, 0.25) is 0 Å². The molecule has 1 N–H and O–H groups in total. The maximum absolute atomic E-state index is 12.4. The van der Waals surface area contributed by atoms with Crippen LogP contribution in [-0.4, -0.2) is 52.3 Å². The predicted molar refractivity (Wildman–Crippen MR) is 91.3 cm³/mol. The van der Waals surface area contributed by atoms with E-state index in [9.17, 15) is 18.0 Å². The Morgan fingerprint density at radius 2 is 2.00 bits per heavy atom. The maximum atomic E-state index is 12.4. The van der Waals surface area contributed by atoms with Crippen LogP contribution < -0.4 is 9.62 Å². The molecule has 0 bridgehead atoms. The first kappa shape index (κ1) is 18.4. The standard InChI is InChI=1S/C16H23N3O4S/c1-4-19-14-7-6-13(11-12(14)5-8-16(19)21)24(22,23)17-10-9-15(20)18(2)3/h6-7,11,17H,4-5,8-10H2,1-3H3. The summed E-state index contributed by atoms with van der Waals surface area (Å²) >= 11 is 0. The highest BCUT2D eigenvalue weighted by Crippen LogP contribution is 2.29. The zero-order valence-corrected chi connectivity index (χ0v) is 15.0. The number of hydrogen-bond donors (Lipinski definition) is 1. The van der Waals surface area contributed by atoms with Crippen LogP contribution in [0, 0.1) is 0 Å². The van der Waals surface area contributed by atoms with Gasteiger partial charge in [0.05, 0.1) is 4.90 Å². The monoisotopic (exact) mass is 353 g/mol. The summed E-state index contributed by atoms with van der Waals surface area (Å²) in [5, 5.41) is 0. The molecule has 1 aromatic rings. The number of nitrogens with zero attached hydrogens (tertiary/aromatic N) is 2. The topological polar surface area (TPSA) is 86.8 Å². The van der Waals surface area contributed by atoms with Crippen molar-refractivity contribution in [1.82, 2.24) is 9.62 Å². The fraction of sp³-hybridized carbons (Fsp3) is 0.500. The molecular formula is C16H23N3O4S. The van der Waals surface area contributed by atoms with Crippen molar-refractivity contribution in [3.05, 3.63) is 23.8 Å². The molecule has 24 heavy (non-hydrogen) atoms. The first-order chi connectivity index (χ1) is 11.3. The maximum Gasteiger partial charge on any atom is 0.240 e. The van der Waals surface area contributed by atoms with Crippen LogP contribution in [0.15, 0.2) is 23.1 Å². The SMILES string of the molecule is CCN1C(=O)CCc2cc(S(=O)(=O)NCCC(=O)N(C)C)ccc21. The molecule has 1 aliphatic rings. The minimum absolute atomic E-state index is 0.0516. The Bertz CT molecular complexity index is 744. The highest BCUT2D eigenvalue weighted by atomic mass is 32.2. The molecule has 0 unspecified atom stereocenters. The Balaban J connectivity index is 2.14. The second-order valence-electron chi connectivity index (χ2n) is 5.86. The quantitative estimate of drug-likeness (QED) is 0.817. The molecule has 2 rings (SSSR count). The highest BCUT2D eigenvalue weighted by Gasteiger charge is 2.25. The van der Waals surface area contributed by atoms with Crippen LogP contribution in [0.25, 0.3) is 0 Å². The van der Waals surface area contributed by atoms with Crippen molar-refractivity contribution in [3.63, 3.8) is 0 Å². The van der Waals surface area contributed by atoms with Crippen LogP contribution in [-0.2, 0) is 26.0 Å². The van der Waals surface area contributed by atoms with Gasteiger partial charge in [-0.05, 0) is 37.1 Å². The zero-order valence-electron chi connectivity index (χ0n) is 14.2. The fourth-order valence-electron chi connectivity index (χ4n) is 2.65. The predicted octanol–water partition coefficient (Wildman–Crippen LogP) is 0.742. The Labute approximate surface area is 142 Å². The van der Waals surface area contributed by atoms with Gasteiger partial charge < -0.3 is 9.80 Å². The normalized spacial score (nSPS) is 14.5. The van der Waals surface area contributed by atoms with E-state index in [0.29, 0.717) is 19.4 Å². The number of anilines is 1. The van der Waals surface area contributed by atoms with Gasteiger partial charge in [-0.15, -0.1) is 0 Å². The molecule has 0 saturated carbocycles. The average Bonchev–Trinajstić information content (AvgIpc) is 2.53. The highest BCUT2D eigenvalue weighted by molar-refractivity contribution is 7.89. The Morgan fingerprint density at radius 3 is 2.62 bits per heavy atom. The minimum atomic E-state index is -3.68. The van der Waals surface area contributed by atoms with Crippen molar-refractivity contribution in [3.8, 4) is 0 Å². The van der Waals surface area contributed by atoms with Crippen LogP contribution in [0.5, 0.6) is 0 Å². The number of nitrogens with one attached hydrogen (secondary N) is 1. The number of aryl methyl sites for hydroxylation is 1. The molecule has 0 spiro atoms. The molecule has 1 aromatic carbocycles. The van der Waals surface area contributed by atoms with Gasteiger partial charge in [-0.25, -0.2) is 13.1 Å². The number of amides is 2. The van der Waals surface area contributed by atoms with Crippen LogP contribution >= 0.6 is 0 Å². The molecule has 0 atom stereocenters. The lowest BCUT2D eigenvalue weighted by molar-refractivity contribution is -0.128. The third-order valence-corrected chi connectivity index (χ3v) is 5.47.